The maximum atomic E-state index is 13.7. The van der Waals surface area contributed by atoms with Gasteiger partial charge < -0.3 is 10.2 Å². The number of dihydropyridines is 1. The lowest BCUT2D eigenvalue weighted by atomic mass is 9.99. The minimum Gasteiger partial charge on any atom is -0.362 e. The summed E-state index contributed by atoms with van der Waals surface area (Å²) in [6.45, 7) is 7.29. The molecule has 2 aromatic carbocycles. The van der Waals surface area contributed by atoms with Crippen LogP contribution in [0, 0.1) is 6.92 Å². The van der Waals surface area contributed by atoms with Gasteiger partial charge in [-0.3, -0.25) is 4.79 Å². The van der Waals surface area contributed by atoms with Crippen LogP contribution in [-0.4, -0.2) is 12.3 Å². The van der Waals surface area contributed by atoms with Gasteiger partial charge in [-0.2, -0.15) is 13.2 Å². The van der Waals surface area contributed by atoms with E-state index in [1.807, 2.05) is 43.5 Å². The smallest absolute Gasteiger partial charge is 0.362 e. The van der Waals surface area contributed by atoms with E-state index >= 15 is 0 Å². The number of benzene rings is 2. The number of ketones is 1. The van der Waals surface area contributed by atoms with Gasteiger partial charge in [-0.25, -0.2) is 0 Å². The van der Waals surface area contributed by atoms with Gasteiger partial charge in [0.25, 0.3) is 0 Å². The molecule has 0 saturated carbocycles. The molecule has 0 amide bonds. The van der Waals surface area contributed by atoms with E-state index in [1.165, 1.54) is 13.0 Å². The van der Waals surface area contributed by atoms with Crippen molar-refractivity contribution in [2.45, 2.75) is 26.4 Å². The minimum absolute atomic E-state index is 0.250. The zero-order chi connectivity index (χ0) is 22.8. The average Bonchev–Trinajstić information content (AvgIpc) is 2.69. The fourth-order valence-corrected chi connectivity index (χ4v) is 3.96. The summed E-state index contributed by atoms with van der Waals surface area (Å²) in [6, 6.07) is 9.57. The van der Waals surface area contributed by atoms with Crippen molar-refractivity contribution in [2.24, 2.45) is 0 Å². The molecule has 0 radical (unpaired) electrons. The molecule has 3 nitrogen and oxygen atoms in total. The topological polar surface area (TPSA) is 32.3 Å². The number of aryl methyl sites for hydroxylation is 1. The first-order chi connectivity index (χ1) is 14.6. The Bertz CT molecular complexity index is 1090. The molecule has 162 valence electrons. The summed E-state index contributed by atoms with van der Waals surface area (Å²) in [5.41, 5.74) is 2.42. The summed E-state index contributed by atoms with van der Waals surface area (Å²) in [5.74, 6) is -0.622. The van der Waals surface area contributed by atoms with Gasteiger partial charge in [0.2, 0.25) is 0 Å². The number of Topliss-reactive ketones (excluding diaryl/α,β-unsaturated/α-hetero) is 1. The quantitative estimate of drug-likeness (QED) is 0.451. The first-order valence-electron chi connectivity index (χ1n) is 9.75. The van der Waals surface area contributed by atoms with Crippen molar-refractivity contribution in [1.82, 2.24) is 5.32 Å². The van der Waals surface area contributed by atoms with Crippen LogP contribution in [0.4, 0.5) is 24.5 Å². The monoisotopic (exact) mass is 444 g/mol. The largest absolute Gasteiger partial charge is 0.417 e. The molecule has 1 N–H and O–H groups in total. The number of nitrogens with zero attached hydrogens (tertiary/aromatic N) is 1. The molecule has 0 fully saturated rings. The molecular formula is C24H24F3N2OP. The fraction of sp³-hybridized carbons (Fsp3) is 0.208. The Morgan fingerprint density at radius 2 is 1.90 bits per heavy atom. The highest BCUT2D eigenvalue weighted by Gasteiger charge is 2.36. The fourth-order valence-electron chi connectivity index (χ4n) is 3.61. The van der Waals surface area contributed by atoms with Crippen molar-refractivity contribution in [3.63, 3.8) is 0 Å². The Kier molecular flexibility index (Phi) is 6.71. The first-order valence-corrected chi connectivity index (χ1v) is 10.3. The zero-order valence-electron chi connectivity index (χ0n) is 17.4. The van der Waals surface area contributed by atoms with Crippen LogP contribution >= 0.6 is 9.24 Å². The van der Waals surface area contributed by atoms with Crippen LogP contribution in [0.1, 0.15) is 34.8 Å². The van der Waals surface area contributed by atoms with Crippen LogP contribution in [0.2, 0.25) is 0 Å². The molecular weight excluding hydrogens is 420 g/mol. The van der Waals surface area contributed by atoms with E-state index in [4.69, 9.17) is 0 Å². The van der Waals surface area contributed by atoms with Gasteiger partial charge in [0.15, 0.2) is 5.78 Å². The molecule has 0 aliphatic carbocycles. The third kappa shape index (κ3) is 5.26. The molecule has 0 aromatic heterocycles. The highest BCUT2D eigenvalue weighted by molar-refractivity contribution is 7.27. The average molecular weight is 444 g/mol. The maximum absolute atomic E-state index is 13.7. The molecule has 0 saturated heterocycles. The van der Waals surface area contributed by atoms with Crippen LogP contribution in [0.3, 0.4) is 0 Å². The van der Waals surface area contributed by atoms with Crippen molar-refractivity contribution in [3.8, 4) is 0 Å². The number of rotatable bonds is 6. The molecule has 1 heterocycles. The summed E-state index contributed by atoms with van der Waals surface area (Å²) < 4.78 is 41.1. The van der Waals surface area contributed by atoms with Crippen LogP contribution in [0.15, 0.2) is 72.6 Å². The lowest BCUT2D eigenvalue weighted by Gasteiger charge is -2.30. The Hall–Kier alpha value is -2.85. The second-order valence-corrected chi connectivity index (χ2v) is 8.09. The molecule has 3 rings (SSSR count). The predicted octanol–water partition coefficient (Wildman–Crippen LogP) is 5.80. The number of hydrogen-bond donors (Lipinski definition) is 1. The second-order valence-electron chi connectivity index (χ2n) is 7.42. The highest BCUT2D eigenvalue weighted by atomic mass is 31.0. The highest BCUT2D eigenvalue weighted by Crippen LogP contribution is 2.39. The normalized spacial score (nSPS) is 13.6. The zero-order valence-corrected chi connectivity index (χ0v) is 18.5. The molecule has 31 heavy (non-hydrogen) atoms. The van der Waals surface area contributed by atoms with E-state index < -0.39 is 17.5 Å². The van der Waals surface area contributed by atoms with E-state index in [0.717, 1.165) is 33.9 Å². The van der Waals surface area contributed by atoms with Gasteiger partial charge in [0.1, 0.15) is 0 Å². The summed E-state index contributed by atoms with van der Waals surface area (Å²) in [5, 5.41) is 4.02. The van der Waals surface area contributed by atoms with E-state index in [9.17, 15) is 18.0 Å². The standard InChI is InChI=1S/C24H24F3N2OP/c1-15-13-19(31)9-10-21(15)29(12-11-18-8-7-16(2)28-14-18)22-6-4-5-20(24(25,26)27)23(22)17(3)30/h4-10,13-14,28H,2,11-12,31H2,1,3H3. The van der Waals surface area contributed by atoms with Crippen molar-refractivity contribution in [3.05, 3.63) is 89.3 Å². The summed E-state index contributed by atoms with van der Waals surface area (Å²) in [7, 11) is 2.61. The van der Waals surface area contributed by atoms with Gasteiger partial charge >= 0.3 is 6.18 Å². The van der Waals surface area contributed by atoms with Crippen molar-refractivity contribution < 1.29 is 18.0 Å². The van der Waals surface area contributed by atoms with Gasteiger partial charge in [-0.1, -0.05) is 30.9 Å². The van der Waals surface area contributed by atoms with Crippen molar-refractivity contribution >= 4 is 31.7 Å². The summed E-state index contributed by atoms with van der Waals surface area (Å²) in [4.78, 5) is 14.2. The third-order valence-electron chi connectivity index (χ3n) is 5.07. The number of alkyl halides is 3. The predicted molar refractivity (Wildman–Crippen MR) is 123 cm³/mol. The number of hydrogen-bond acceptors (Lipinski definition) is 3. The maximum Gasteiger partial charge on any atom is 0.417 e. The summed E-state index contributed by atoms with van der Waals surface area (Å²) >= 11 is 0. The number of carbonyl (C=O) groups is 1. The lowest BCUT2D eigenvalue weighted by molar-refractivity contribution is -0.137. The number of nitrogens with one attached hydrogen (secondary N) is 1. The Balaban J connectivity index is 2.11. The van der Waals surface area contributed by atoms with Gasteiger partial charge in [0.05, 0.1) is 16.8 Å². The van der Waals surface area contributed by atoms with Crippen LogP contribution in [-0.2, 0) is 6.18 Å². The van der Waals surface area contributed by atoms with E-state index in [2.05, 4.69) is 21.1 Å². The second kappa shape index (κ2) is 9.11. The van der Waals surface area contributed by atoms with Gasteiger partial charge in [-0.05, 0) is 61.0 Å². The lowest BCUT2D eigenvalue weighted by Crippen LogP contribution is -2.24. The Morgan fingerprint density at radius 3 is 2.48 bits per heavy atom. The number of carbonyl (C=O) groups excluding carboxylic acids is 1. The molecule has 1 aliphatic rings. The first kappa shape index (κ1) is 22.8. The number of anilines is 2. The van der Waals surface area contributed by atoms with Crippen LogP contribution in [0.5, 0.6) is 0 Å². The Labute approximate surface area is 182 Å². The van der Waals surface area contributed by atoms with Crippen LogP contribution in [0.25, 0.3) is 0 Å². The molecule has 0 bridgehead atoms. The van der Waals surface area contributed by atoms with Gasteiger partial charge in [-0.15, -0.1) is 9.24 Å². The number of allylic oxidation sites excluding steroid dienone is 2. The molecule has 1 aliphatic heterocycles. The molecule has 0 spiro atoms. The SMILES string of the molecule is C=C1C=CC(CCN(c2ccc(P)cc2C)c2cccc(C(F)(F)F)c2C(C)=O)=CN1. The summed E-state index contributed by atoms with van der Waals surface area (Å²) in [6.07, 6.45) is 1.54. The molecule has 1 atom stereocenters. The molecule has 7 heteroatoms. The van der Waals surface area contributed by atoms with Crippen molar-refractivity contribution in [1.29, 1.82) is 0 Å². The molecule has 1 unspecified atom stereocenters. The third-order valence-corrected chi connectivity index (χ3v) is 5.43. The van der Waals surface area contributed by atoms with Crippen LogP contribution < -0.4 is 15.5 Å². The van der Waals surface area contributed by atoms with Crippen molar-refractivity contribution in [2.75, 3.05) is 11.4 Å². The minimum atomic E-state index is -4.62. The van der Waals surface area contributed by atoms with Gasteiger partial charge in [0, 0.05) is 24.1 Å². The number of halogens is 3. The Morgan fingerprint density at radius 1 is 1.16 bits per heavy atom. The van der Waals surface area contributed by atoms with E-state index in [-0.39, 0.29) is 11.3 Å². The van der Waals surface area contributed by atoms with E-state index in [0.29, 0.717) is 13.0 Å². The van der Waals surface area contributed by atoms with E-state index in [1.54, 1.807) is 11.0 Å². The molecule has 2 aromatic rings.